The first-order valence-corrected chi connectivity index (χ1v) is 6.24. The summed E-state index contributed by atoms with van der Waals surface area (Å²) in [5.74, 6) is 1.15. The number of nitrogen functional groups attached to an aromatic ring is 1. The van der Waals surface area contributed by atoms with Gasteiger partial charge < -0.3 is 16.0 Å². The van der Waals surface area contributed by atoms with Gasteiger partial charge in [-0.25, -0.2) is 4.98 Å². The minimum absolute atomic E-state index is 0.327. The average molecular weight is 260 g/mol. The van der Waals surface area contributed by atoms with Crippen molar-refractivity contribution in [1.82, 2.24) is 9.97 Å². The van der Waals surface area contributed by atoms with Crippen LogP contribution < -0.4 is 11.1 Å². The first-order chi connectivity index (χ1) is 8.61. The molecule has 0 radical (unpaired) electrons. The Balaban J connectivity index is 2.46. The standard InChI is InChI=1S/C13H16N4S/c1-3-9-11(16-13(14)17-12(9)18)15-10-7-5-4-6-8(10)2/h4-7H,3H2,1-2H3,(H4,14,15,16,17,18). The molecule has 0 bridgehead atoms. The number of aryl methyl sites for hydroxylation is 1. The quantitative estimate of drug-likeness (QED) is 0.740. The molecule has 0 aliphatic heterocycles. The molecule has 0 saturated carbocycles. The number of nitrogens with two attached hydrogens (primary N) is 1. The molecule has 0 aliphatic rings. The summed E-state index contributed by atoms with van der Waals surface area (Å²) in [5.41, 5.74) is 8.87. The van der Waals surface area contributed by atoms with Gasteiger partial charge in [-0.15, -0.1) is 0 Å². The molecule has 0 saturated heterocycles. The summed E-state index contributed by atoms with van der Waals surface area (Å²) in [4.78, 5) is 7.10. The Morgan fingerprint density at radius 3 is 2.78 bits per heavy atom. The molecular weight excluding hydrogens is 244 g/mol. The lowest BCUT2D eigenvalue weighted by molar-refractivity contribution is 1.04. The van der Waals surface area contributed by atoms with E-state index >= 15 is 0 Å². The highest BCUT2D eigenvalue weighted by Crippen LogP contribution is 2.22. The Kier molecular flexibility index (Phi) is 3.62. The highest BCUT2D eigenvalue weighted by molar-refractivity contribution is 7.71. The van der Waals surface area contributed by atoms with Crippen LogP contribution in [-0.2, 0) is 6.42 Å². The van der Waals surface area contributed by atoms with Crippen LogP contribution in [-0.4, -0.2) is 9.97 Å². The van der Waals surface area contributed by atoms with Crippen molar-refractivity contribution < 1.29 is 0 Å². The van der Waals surface area contributed by atoms with Gasteiger partial charge in [-0.05, 0) is 25.0 Å². The average Bonchev–Trinajstić information content (AvgIpc) is 2.31. The van der Waals surface area contributed by atoms with Gasteiger partial charge >= 0.3 is 0 Å². The van der Waals surface area contributed by atoms with E-state index < -0.39 is 0 Å². The molecule has 0 atom stereocenters. The number of aromatic amines is 1. The topological polar surface area (TPSA) is 66.7 Å². The van der Waals surface area contributed by atoms with Crippen LogP contribution in [0.25, 0.3) is 0 Å². The molecule has 0 spiro atoms. The van der Waals surface area contributed by atoms with Crippen molar-refractivity contribution in [1.29, 1.82) is 0 Å². The maximum Gasteiger partial charge on any atom is 0.200 e. The number of nitrogens with one attached hydrogen (secondary N) is 2. The number of H-pyrrole nitrogens is 1. The zero-order valence-corrected chi connectivity index (χ0v) is 11.3. The third-order valence-corrected chi connectivity index (χ3v) is 3.13. The SMILES string of the molecule is CCc1c(Nc2ccccc2C)[nH]c(N)nc1=S. The predicted molar refractivity (Wildman–Crippen MR) is 77.7 cm³/mol. The molecule has 4 nitrogen and oxygen atoms in total. The second kappa shape index (κ2) is 5.18. The van der Waals surface area contributed by atoms with E-state index in [1.165, 1.54) is 0 Å². The first-order valence-electron chi connectivity index (χ1n) is 5.83. The lowest BCUT2D eigenvalue weighted by Gasteiger charge is -2.13. The lowest BCUT2D eigenvalue weighted by Crippen LogP contribution is -2.05. The molecule has 2 rings (SSSR count). The van der Waals surface area contributed by atoms with Crippen LogP contribution in [0.5, 0.6) is 0 Å². The summed E-state index contributed by atoms with van der Waals surface area (Å²) in [6, 6.07) is 8.06. The van der Waals surface area contributed by atoms with Gasteiger partial charge in [0.15, 0.2) is 5.95 Å². The summed E-state index contributed by atoms with van der Waals surface area (Å²) in [7, 11) is 0. The Morgan fingerprint density at radius 1 is 1.39 bits per heavy atom. The number of nitrogens with zero attached hydrogens (tertiary/aromatic N) is 1. The molecule has 1 aromatic carbocycles. The molecular formula is C13H16N4S. The second-order valence-electron chi connectivity index (χ2n) is 4.07. The summed E-state index contributed by atoms with van der Waals surface area (Å²) >= 11 is 5.22. The predicted octanol–water partition coefficient (Wildman–Crippen LogP) is 3.34. The van der Waals surface area contributed by atoms with Crippen LogP contribution in [0.3, 0.4) is 0 Å². The molecule has 0 unspecified atom stereocenters. The van der Waals surface area contributed by atoms with Gasteiger partial charge in [0.1, 0.15) is 10.5 Å². The zero-order chi connectivity index (χ0) is 13.1. The number of anilines is 3. The van der Waals surface area contributed by atoms with Crippen molar-refractivity contribution in [3.8, 4) is 0 Å². The molecule has 18 heavy (non-hydrogen) atoms. The third kappa shape index (κ3) is 2.51. The van der Waals surface area contributed by atoms with E-state index in [0.717, 1.165) is 29.1 Å². The number of aromatic nitrogens is 2. The molecule has 4 N–H and O–H groups in total. The van der Waals surface area contributed by atoms with Gasteiger partial charge in [0.05, 0.1) is 0 Å². The fourth-order valence-electron chi connectivity index (χ4n) is 1.80. The van der Waals surface area contributed by atoms with Gasteiger partial charge in [-0.1, -0.05) is 37.3 Å². The number of benzene rings is 1. The molecule has 0 aliphatic carbocycles. The van der Waals surface area contributed by atoms with Gasteiger partial charge in [-0.3, -0.25) is 0 Å². The first kappa shape index (κ1) is 12.6. The van der Waals surface area contributed by atoms with E-state index in [9.17, 15) is 0 Å². The lowest BCUT2D eigenvalue weighted by atomic mass is 10.2. The highest BCUT2D eigenvalue weighted by Gasteiger charge is 2.07. The van der Waals surface area contributed by atoms with E-state index in [2.05, 4.69) is 15.3 Å². The fourth-order valence-corrected chi connectivity index (χ4v) is 2.14. The number of para-hydroxylation sites is 1. The van der Waals surface area contributed by atoms with Gasteiger partial charge in [-0.2, -0.15) is 0 Å². The fraction of sp³-hybridized carbons (Fsp3) is 0.231. The molecule has 5 heteroatoms. The van der Waals surface area contributed by atoms with Crippen LogP contribution in [0.1, 0.15) is 18.1 Å². The number of hydrogen-bond donors (Lipinski definition) is 3. The summed E-state index contributed by atoms with van der Waals surface area (Å²) in [6.07, 6.45) is 0.802. The Labute approximate surface area is 111 Å². The van der Waals surface area contributed by atoms with Crippen LogP contribution in [0.2, 0.25) is 0 Å². The molecule has 0 amide bonds. The monoisotopic (exact) mass is 260 g/mol. The van der Waals surface area contributed by atoms with Crippen molar-refractivity contribution >= 4 is 29.7 Å². The van der Waals surface area contributed by atoms with Crippen LogP contribution in [0, 0.1) is 11.6 Å². The Bertz CT molecular complexity index is 619. The number of rotatable bonds is 3. The molecule has 1 aromatic heterocycles. The van der Waals surface area contributed by atoms with E-state index in [4.69, 9.17) is 18.0 Å². The minimum atomic E-state index is 0.327. The highest BCUT2D eigenvalue weighted by atomic mass is 32.1. The van der Waals surface area contributed by atoms with Crippen molar-refractivity contribution in [3.63, 3.8) is 0 Å². The second-order valence-corrected chi connectivity index (χ2v) is 4.46. The maximum atomic E-state index is 5.70. The van der Waals surface area contributed by atoms with Crippen molar-refractivity contribution in [2.24, 2.45) is 0 Å². The molecule has 1 heterocycles. The van der Waals surface area contributed by atoms with E-state index in [1.807, 2.05) is 38.1 Å². The Morgan fingerprint density at radius 2 is 2.11 bits per heavy atom. The molecule has 0 fully saturated rings. The van der Waals surface area contributed by atoms with Gasteiger partial charge in [0.25, 0.3) is 0 Å². The molecule has 2 aromatic rings. The largest absolute Gasteiger partial charge is 0.369 e. The van der Waals surface area contributed by atoms with Crippen molar-refractivity contribution in [3.05, 3.63) is 40.0 Å². The van der Waals surface area contributed by atoms with Crippen molar-refractivity contribution in [2.45, 2.75) is 20.3 Å². The minimum Gasteiger partial charge on any atom is -0.369 e. The zero-order valence-electron chi connectivity index (χ0n) is 10.4. The van der Waals surface area contributed by atoms with Gasteiger partial charge in [0, 0.05) is 11.3 Å². The smallest absolute Gasteiger partial charge is 0.200 e. The summed E-state index contributed by atoms with van der Waals surface area (Å²) in [5, 5.41) is 3.33. The van der Waals surface area contributed by atoms with Crippen LogP contribution in [0.15, 0.2) is 24.3 Å². The third-order valence-electron chi connectivity index (χ3n) is 2.79. The van der Waals surface area contributed by atoms with Crippen molar-refractivity contribution in [2.75, 3.05) is 11.1 Å². The Hall–Kier alpha value is -1.88. The normalized spacial score (nSPS) is 10.3. The summed E-state index contributed by atoms with van der Waals surface area (Å²) in [6.45, 7) is 4.09. The number of hydrogen-bond acceptors (Lipinski definition) is 4. The maximum absolute atomic E-state index is 5.70. The van der Waals surface area contributed by atoms with Gasteiger partial charge in [0.2, 0.25) is 0 Å². The van der Waals surface area contributed by atoms with Crippen LogP contribution in [0.4, 0.5) is 17.5 Å². The van der Waals surface area contributed by atoms with Crippen LogP contribution >= 0.6 is 12.2 Å². The van der Waals surface area contributed by atoms with E-state index in [0.29, 0.717) is 10.6 Å². The molecule has 94 valence electrons. The summed E-state index contributed by atoms with van der Waals surface area (Å²) < 4.78 is 0.546. The van der Waals surface area contributed by atoms with E-state index in [-0.39, 0.29) is 0 Å². The van der Waals surface area contributed by atoms with E-state index in [1.54, 1.807) is 0 Å².